The maximum absolute atomic E-state index is 12.6. The Morgan fingerprint density at radius 2 is 1.80 bits per heavy atom. The van der Waals surface area contributed by atoms with Crippen molar-refractivity contribution in [2.45, 2.75) is 31.4 Å². The lowest BCUT2D eigenvalue weighted by molar-refractivity contribution is -0.142. The molecule has 2 heterocycles. The van der Waals surface area contributed by atoms with Crippen LogP contribution in [-0.2, 0) is 15.0 Å². The number of aliphatic carboxylic acids is 1. The molecule has 2 rings (SSSR count). The van der Waals surface area contributed by atoms with Gasteiger partial charge >= 0.3 is 5.97 Å². The van der Waals surface area contributed by atoms with Crippen LogP contribution in [0.25, 0.3) is 0 Å². The molecule has 0 saturated carbocycles. The van der Waals surface area contributed by atoms with Crippen LogP contribution in [0.1, 0.15) is 26.7 Å². The summed E-state index contributed by atoms with van der Waals surface area (Å²) in [5, 5.41) is 8.96. The lowest BCUT2D eigenvalue weighted by Gasteiger charge is -2.40. The van der Waals surface area contributed by atoms with Crippen molar-refractivity contribution in [1.82, 2.24) is 8.61 Å². The van der Waals surface area contributed by atoms with Gasteiger partial charge in [0, 0.05) is 36.7 Å². The first kappa shape index (κ1) is 16.1. The van der Waals surface area contributed by atoms with Gasteiger partial charge in [0.2, 0.25) is 0 Å². The van der Waals surface area contributed by atoms with E-state index in [9.17, 15) is 13.2 Å². The summed E-state index contributed by atoms with van der Waals surface area (Å²) < 4.78 is 28.1. The molecule has 2 saturated heterocycles. The van der Waals surface area contributed by atoms with E-state index in [1.165, 1.54) is 4.31 Å². The molecule has 0 radical (unpaired) electrons. The predicted molar refractivity (Wildman–Crippen MR) is 79.0 cm³/mol. The summed E-state index contributed by atoms with van der Waals surface area (Å²) in [6, 6.07) is 0. The number of piperidine rings is 1. The number of thioether (sulfide) groups is 1. The highest BCUT2D eigenvalue weighted by molar-refractivity contribution is 8.00. The van der Waals surface area contributed by atoms with E-state index in [2.05, 4.69) is 13.8 Å². The van der Waals surface area contributed by atoms with Crippen molar-refractivity contribution in [2.24, 2.45) is 5.92 Å². The van der Waals surface area contributed by atoms with E-state index in [0.29, 0.717) is 39.0 Å². The smallest absolute Gasteiger partial charge is 0.306 e. The second-order valence-corrected chi connectivity index (χ2v) is 9.69. The molecule has 0 atom stereocenters. The number of hydrogen-bond acceptors (Lipinski definition) is 4. The summed E-state index contributed by atoms with van der Waals surface area (Å²) in [4.78, 5) is 10.9. The number of carboxylic acids is 1. The second kappa shape index (κ2) is 5.82. The molecule has 0 aromatic carbocycles. The minimum absolute atomic E-state index is 0.0648. The Morgan fingerprint density at radius 1 is 1.20 bits per heavy atom. The van der Waals surface area contributed by atoms with Crippen LogP contribution >= 0.6 is 11.8 Å². The van der Waals surface area contributed by atoms with Crippen molar-refractivity contribution in [3.8, 4) is 0 Å². The topological polar surface area (TPSA) is 77.9 Å². The van der Waals surface area contributed by atoms with Crippen LogP contribution in [0.15, 0.2) is 0 Å². The Hall–Kier alpha value is -0.310. The molecule has 6 nitrogen and oxygen atoms in total. The zero-order valence-corrected chi connectivity index (χ0v) is 13.5. The van der Waals surface area contributed by atoms with E-state index < -0.39 is 22.1 Å². The summed E-state index contributed by atoms with van der Waals surface area (Å²) in [6.07, 6.45) is 0.807. The lowest BCUT2D eigenvalue weighted by atomic mass is 9.99. The molecule has 0 bridgehead atoms. The number of carboxylic acid groups (broad SMARTS) is 1. The Morgan fingerprint density at radius 3 is 2.30 bits per heavy atom. The van der Waals surface area contributed by atoms with Crippen LogP contribution in [-0.4, -0.2) is 64.8 Å². The fraction of sp³-hybridized carbons (Fsp3) is 0.917. The van der Waals surface area contributed by atoms with Crippen molar-refractivity contribution in [3.63, 3.8) is 0 Å². The summed E-state index contributed by atoms with van der Waals surface area (Å²) >= 11 is 1.79. The van der Waals surface area contributed by atoms with Crippen molar-refractivity contribution < 1.29 is 18.3 Å². The number of carbonyl (C=O) groups is 1. The third-order valence-corrected chi connectivity index (χ3v) is 7.13. The summed E-state index contributed by atoms with van der Waals surface area (Å²) in [5.41, 5.74) is 0. The highest BCUT2D eigenvalue weighted by Gasteiger charge is 2.39. The Balaban J connectivity index is 2.02. The minimum atomic E-state index is -3.44. The normalized spacial score (nSPS) is 26.5. The fourth-order valence-electron chi connectivity index (χ4n) is 2.67. The first-order chi connectivity index (χ1) is 9.22. The predicted octanol–water partition coefficient (Wildman–Crippen LogP) is 0.855. The molecule has 0 spiro atoms. The number of nitrogens with zero attached hydrogens (tertiary/aromatic N) is 2. The third kappa shape index (κ3) is 3.47. The Kier molecular flexibility index (Phi) is 4.68. The minimum Gasteiger partial charge on any atom is -0.481 e. The van der Waals surface area contributed by atoms with Gasteiger partial charge in [-0.25, -0.2) is 0 Å². The Bertz CT molecular complexity index is 470. The molecule has 116 valence electrons. The van der Waals surface area contributed by atoms with Crippen LogP contribution in [0.5, 0.6) is 0 Å². The maximum atomic E-state index is 12.6. The third-order valence-electron chi connectivity index (χ3n) is 3.85. The molecule has 0 unspecified atom stereocenters. The van der Waals surface area contributed by atoms with Crippen LogP contribution < -0.4 is 0 Å². The summed E-state index contributed by atoms with van der Waals surface area (Å²) in [7, 11) is -3.44. The van der Waals surface area contributed by atoms with Gasteiger partial charge in [0.1, 0.15) is 0 Å². The molecule has 0 aromatic heterocycles. The first-order valence-electron chi connectivity index (χ1n) is 6.84. The summed E-state index contributed by atoms with van der Waals surface area (Å²) in [6.45, 7) is 5.77. The van der Waals surface area contributed by atoms with E-state index >= 15 is 0 Å². The molecule has 1 N–H and O–H groups in total. The highest BCUT2D eigenvalue weighted by Crippen LogP contribution is 2.32. The van der Waals surface area contributed by atoms with E-state index in [1.54, 1.807) is 16.1 Å². The van der Waals surface area contributed by atoms with Gasteiger partial charge in [-0.2, -0.15) is 28.8 Å². The largest absolute Gasteiger partial charge is 0.481 e. The molecule has 0 aromatic rings. The molecular formula is C12H22N2O4S2. The van der Waals surface area contributed by atoms with Gasteiger partial charge in [-0.3, -0.25) is 4.79 Å². The second-order valence-electron chi connectivity index (χ2n) is 5.96. The standard InChI is InChI=1S/C12H22N2O4S2/c1-12(2)9-14(7-8-19-12)20(17,18)13-5-3-10(4-6-13)11(15)16/h10H,3-9H2,1-2H3,(H,15,16). The van der Waals surface area contributed by atoms with Gasteiger partial charge in [-0.05, 0) is 26.7 Å². The van der Waals surface area contributed by atoms with Gasteiger partial charge in [0.05, 0.1) is 5.92 Å². The first-order valence-corrected chi connectivity index (χ1v) is 9.23. The fourth-order valence-corrected chi connectivity index (χ4v) is 5.78. The van der Waals surface area contributed by atoms with Crippen LogP contribution in [0.3, 0.4) is 0 Å². The van der Waals surface area contributed by atoms with Crippen molar-refractivity contribution in [1.29, 1.82) is 0 Å². The highest BCUT2D eigenvalue weighted by atomic mass is 32.2. The molecule has 2 fully saturated rings. The van der Waals surface area contributed by atoms with Crippen molar-refractivity contribution in [3.05, 3.63) is 0 Å². The maximum Gasteiger partial charge on any atom is 0.306 e. The average molecular weight is 322 g/mol. The molecular weight excluding hydrogens is 300 g/mol. The van der Waals surface area contributed by atoms with Gasteiger partial charge < -0.3 is 5.11 Å². The SMILES string of the molecule is CC1(C)CN(S(=O)(=O)N2CCC(C(=O)O)CC2)CCS1. The van der Waals surface area contributed by atoms with E-state index in [4.69, 9.17) is 5.11 Å². The molecule has 0 amide bonds. The van der Waals surface area contributed by atoms with Gasteiger partial charge in [0.15, 0.2) is 0 Å². The number of hydrogen-bond donors (Lipinski definition) is 1. The molecule has 2 aliphatic rings. The lowest BCUT2D eigenvalue weighted by Crippen LogP contribution is -2.53. The Labute approximate surface area is 124 Å². The summed E-state index contributed by atoms with van der Waals surface area (Å²) in [5.74, 6) is -0.426. The molecule has 0 aliphatic carbocycles. The van der Waals surface area contributed by atoms with Crippen molar-refractivity contribution in [2.75, 3.05) is 31.9 Å². The van der Waals surface area contributed by atoms with Gasteiger partial charge in [0.25, 0.3) is 10.2 Å². The average Bonchev–Trinajstić information content (AvgIpc) is 2.37. The molecule has 2 aliphatic heterocycles. The monoisotopic (exact) mass is 322 g/mol. The van der Waals surface area contributed by atoms with E-state index in [0.717, 1.165) is 5.75 Å². The van der Waals surface area contributed by atoms with Crippen LogP contribution in [0.4, 0.5) is 0 Å². The number of rotatable bonds is 3. The van der Waals surface area contributed by atoms with Crippen molar-refractivity contribution >= 4 is 27.9 Å². The van der Waals surface area contributed by atoms with E-state index in [1.807, 2.05) is 0 Å². The quantitative estimate of drug-likeness (QED) is 0.834. The zero-order valence-electron chi connectivity index (χ0n) is 11.9. The van der Waals surface area contributed by atoms with Gasteiger partial charge in [-0.15, -0.1) is 0 Å². The molecule has 20 heavy (non-hydrogen) atoms. The zero-order chi connectivity index (χ0) is 15.0. The van der Waals surface area contributed by atoms with Crippen LogP contribution in [0, 0.1) is 5.92 Å². The molecule has 8 heteroatoms. The van der Waals surface area contributed by atoms with Gasteiger partial charge in [-0.1, -0.05) is 0 Å². The van der Waals surface area contributed by atoms with E-state index in [-0.39, 0.29) is 4.75 Å². The van der Waals surface area contributed by atoms with Crippen LogP contribution in [0.2, 0.25) is 0 Å².